The van der Waals surface area contributed by atoms with Crippen molar-refractivity contribution in [1.82, 2.24) is 4.57 Å². The van der Waals surface area contributed by atoms with Crippen LogP contribution in [0.2, 0.25) is 0 Å². The molecule has 1 aliphatic carbocycles. The summed E-state index contributed by atoms with van der Waals surface area (Å²) >= 11 is 0. The van der Waals surface area contributed by atoms with E-state index in [2.05, 4.69) is 205 Å². The average molecular weight is 653 g/mol. The molecule has 0 fully saturated rings. The normalized spacial score (nSPS) is 13.1. The molecular weight excluding hydrogens is 617 g/mol. The molecule has 0 radical (unpaired) electrons. The zero-order chi connectivity index (χ0) is 34.1. The third kappa shape index (κ3) is 4.57. The smallest absolute Gasteiger partial charge is 0.0619 e. The van der Waals surface area contributed by atoms with Gasteiger partial charge in [-0.3, -0.25) is 0 Å². The van der Waals surface area contributed by atoms with Crippen LogP contribution in [0.15, 0.2) is 182 Å². The topological polar surface area (TPSA) is 8.17 Å². The third-order valence-electron chi connectivity index (χ3n) is 11.0. The number of rotatable bonds is 5. The van der Waals surface area contributed by atoms with Gasteiger partial charge in [-0.15, -0.1) is 0 Å². The number of hydrogen-bond donors (Lipinski definition) is 0. The van der Waals surface area contributed by atoms with Crippen LogP contribution in [0.4, 0.5) is 17.1 Å². The molecular formula is C49H36N2. The first-order valence-corrected chi connectivity index (χ1v) is 17.8. The maximum absolute atomic E-state index is 2.42. The molecule has 1 aromatic heterocycles. The number of nitrogens with zero attached hydrogens (tertiary/aromatic N) is 2. The van der Waals surface area contributed by atoms with E-state index in [0.29, 0.717) is 0 Å². The Balaban J connectivity index is 1.18. The van der Waals surface area contributed by atoms with Crippen LogP contribution in [-0.4, -0.2) is 4.57 Å². The zero-order valence-corrected chi connectivity index (χ0v) is 28.7. The number of anilines is 3. The van der Waals surface area contributed by atoms with Crippen LogP contribution >= 0.6 is 0 Å². The van der Waals surface area contributed by atoms with Gasteiger partial charge < -0.3 is 9.47 Å². The highest BCUT2D eigenvalue weighted by Gasteiger charge is 2.35. The Labute approximate surface area is 298 Å². The van der Waals surface area contributed by atoms with Crippen molar-refractivity contribution in [1.29, 1.82) is 0 Å². The molecule has 0 bridgehead atoms. The van der Waals surface area contributed by atoms with Gasteiger partial charge in [0, 0.05) is 44.3 Å². The highest BCUT2D eigenvalue weighted by molar-refractivity contribution is 6.19. The fourth-order valence-electron chi connectivity index (χ4n) is 8.49. The molecule has 1 heterocycles. The van der Waals surface area contributed by atoms with Crippen LogP contribution in [0.1, 0.15) is 25.0 Å². The molecule has 0 saturated heterocycles. The molecule has 0 saturated carbocycles. The van der Waals surface area contributed by atoms with Crippen molar-refractivity contribution >= 4 is 49.6 Å². The Bertz CT molecular complexity index is 2750. The minimum atomic E-state index is -0.0435. The Morgan fingerprint density at radius 1 is 0.431 bits per heavy atom. The standard InChI is InChI=1S/C49H36N2/c1-49(2)45-19-11-9-17-41(45)44-32-39(27-30-46(44)49)50(37-24-21-34(22-25-37)33-13-5-3-6-14-33)38-26-29-40-35(31-38)23-28-43-42-18-10-12-20-47(42)51(48(40)43)36-15-7-4-8-16-36/h3-32H,1-2H3. The monoisotopic (exact) mass is 652 g/mol. The summed E-state index contributed by atoms with van der Waals surface area (Å²) in [6.45, 7) is 4.69. The van der Waals surface area contributed by atoms with E-state index >= 15 is 0 Å². The Morgan fingerprint density at radius 2 is 1.04 bits per heavy atom. The second kappa shape index (κ2) is 11.3. The molecule has 0 aliphatic heterocycles. The Kier molecular flexibility index (Phi) is 6.56. The zero-order valence-electron chi connectivity index (χ0n) is 28.7. The van der Waals surface area contributed by atoms with Crippen molar-refractivity contribution in [3.8, 4) is 27.9 Å². The predicted molar refractivity (Wildman–Crippen MR) is 216 cm³/mol. The van der Waals surface area contributed by atoms with Gasteiger partial charge in [-0.25, -0.2) is 0 Å². The SMILES string of the molecule is CC1(C)c2ccccc2-c2cc(N(c3ccc(-c4ccccc4)cc3)c3ccc4c(ccc5c6ccccc6n(-c6ccccc6)c45)c3)ccc21. The van der Waals surface area contributed by atoms with Crippen LogP contribution in [0.25, 0.3) is 60.5 Å². The van der Waals surface area contributed by atoms with Crippen molar-refractivity contribution in [2.75, 3.05) is 4.90 Å². The lowest BCUT2D eigenvalue weighted by Gasteiger charge is -2.27. The Morgan fingerprint density at radius 3 is 1.86 bits per heavy atom. The molecule has 0 unspecified atom stereocenters. The number of para-hydroxylation sites is 2. The molecule has 0 atom stereocenters. The molecule has 2 nitrogen and oxygen atoms in total. The van der Waals surface area contributed by atoms with Gasteiger partial charge in [0.2, 0.25) is 0 Å². The van der Waals surface area contributed by atoms with Gasteiger partial charge in [-0.1, -0.05) is 141 Å². The maximum Gasteiger partial charge on any atom is 0.0619 e. The summed E-state index contributed by atoms with van der Waals surface area (Å²) in [5.74, 6) is 0. The van der Waals surface area contributed by atoms with Gasteiger partial charge in [-0.05, 0) is 93.4 Å². The predicted octanol–water partition coefficient (Wildman–Crippen LogP) is 13.4. The van der Waals surface area contributed by atoms with Gasteiger partial charge in [0.1, 0.15) is 0 Å². The first-order chi connectivity index (χ1) is 25.1. The average Bonchev–Trinajstić information content (AvgIpc) is 3.64. The van der Waals surface area contributed by atoms with Crippen LogP contribution in [-0.2, 0) is 5.41 Å². The summed E-state index contributed by atoms with van der Waals surface area (Å²) in [7, 11) is 0. The molecule has 242 valence electrons. The lowest BCUT2D eigenvalue weighted by atomic mass is 9.82. The molecule has 10 rings (SSSR count). The first kappa shape index (κ1) is 29.5. The minimum absolute atomic E-state index is 0.0435. The fourth-order valence-corrected chi connectivity index (χ4v) is 8.49. The third-order valence-corrected chi connectivity index (χ3v) is 11.0. The highest BCUT2D eigenvalue weighted by Crippen LogP contribution is 2.51. The molecule has 51 heavy (non-hydrogen) atoms. The van der Waals surface area contributed by atoms with Gasteiger partial charge in [0.15, 0.2) is 0 Å². The van der Waals surface area contributed by atoms with E-state index in [-0.39, 0.29) is 5.41 Å². The number of benzene rings is 8. The number of hydrogen-bond acceptors (Lipinski definition) is 1. The van der Waals surface area contributed by atoms with Crippen LogP contribution < -0.4 is 4.90 Å². The molecule has 0 N–H and O–H groups in total. The second-order valence-corrected chi connectivity index (χ2v) is 14.2. The quantitative estimate of drug-likeness (QED) is 0.180. The van der Waals surface area contributed by atoms with Crippen LogP contribution in [0, 0.1) is 0 Å². The molecule has 9 aromatic rings. The fraction of sp³-hybridized carbons (Fsp3) is 0.0612. The second-order valence-electron chi connectivity index (χ2n) is 14.2. The summed E-state index contributed by atoms with van der Waals surface area (Å²) in [6.07, 6.45) is 0. The largest absolute Gasteiger partial charge is 0.310 e. The summed E-state index contributed by atoms with van der Waals surface area (Å²) in [4.78, 5) is 2.42. The van der Waals surface area contributed by atoms with Crippen molar-refractivity contribution in [2.24, 2.45) is 0 Å². The van der Waals surface area contributed by atoms with Crippen molar-refractivity contribution in [3.63, 3.8) is 0 Å². The van der Waals surface area contributed by atoms with Crippen LogP contribution in [0.5, 0.6) is 0 Å². The lowest BCUT2D eigenvalue weighted by Crippen LogP contribution is -2.15. The van der Waals surface area contributed by atoms with Crippen LogP contribution in [0.3, 0.4) is 0 Å². The van der Waals surface area contributed by atoms with E-state index in [0.717, 1.165) is 17.1 Å². The lowest BCUT2D eigenvalue weighted by molar-refractivity contribution is 0.660. The van der Waals surface area contributed by atoms with Gasteiger partial charge >= 0.3 is 0 Å². The van der Waals surface area contributed by atoms with Crippen molar-refractivity contribution in [2.45, 2.75) is 19.3 Å². The summed E-state index contributed by atoms with van der Waals surface area (Å²) in [5, 5.41) is 4.98. The summed E-state index contributed by atoms with van der Waals surface area (Å²) in [6, 6.07) is 66.6. The molecule has 0 amide bonds. The summed E-state index contributed by atoms with van der Waals surface area (Å²) in [5.41, 5.74) is 14.8. The highest BCUT2D eigenvalue weighted by atomic mass is 15.1. The van der Waals surface area contributed by atoms with Gasteiger partial charge in [-0.2, -0.15) is 0 Å². The van der Waals surface area contributed by atoms with Gasteiger partial charge in [0.25, 0.3) is 0 Å². The van der Waals surface area contributed by atoms with E-state index in [1.807, 2.05) is 0 Å². The van der Waals surface area contributed by atoms with E-state index in [4.69, 9.17) is 0 Å². The van der Waals surface area contributed by atoms with E-state index in [1.165, 1.54) is 71.6 Å². The van der Waals surface area contributed by atoms with Crippen molar-refractivity contribution < 1.29 is 0 Å². The van der Waals surface area contributed by atoms with Crippen molar-refractivity contribution in [3.05, 3.63) is 193 Å². The molecule has 8 aromatic carbocycles. The van der Waals surface area contributed by atoms with E-state index in [9.17, 15) is 0 Å². The summed E-state index contributed by atoms with van der Waals surface area (Å²) < 4.78 is 2.42. The van der Waals surface area contributed by atoms with E-state index < -0.39 is 0 Å². The van der Waals surface area contributed by atoms with Gasteiger partial charge in [0.05, 0.1) is 11.0 Å². The van der Waals surface area contributed by atoms with E-state index in [1.54, 1.807) is 0 Å². The number of aromatic nitrogens is 1. The molecule has 1 aliphatic rings. The first-order valence-electron chi connectivity index (χ1n) is 17.8. The minimum Gasteiger partial charge on any atom is -0.310 e. The molecule has 2 heteroatoms. The number of fused-ring (bicyclic) bond motifs is 8. The molecule has 0 spiro atoms. The maximum atomic E-state index is 2.42. The Hall–Kier alpha value is -6.38.